The summed E-state index contributed by atoms with van der Waals surface area (Å²) in [6, 6.07) is 20.7. The highest BCUT2D eigenvalue weighted by atomic mass is 15.2. The van der Waals surface area contributed by atoms with Crippen LogP contribution in [0.3, 0.4) is 0 Å². The second-order valence-corrected chi connectivity index (χ2v) is 7.27. The summed E-state index contributed by atoms with van der Waals surface area (Å²) >= 11 is 0. The van der Waals surface area contributed by atoms with Gasteiger partial charge in [0.05, 0.1) is 0 Å². The van der Waals surface area contributed by atoms with Crippen molar-refractivity contribution in [3.05, 3.63) is 60.2 Å². The molecule has 126 valence electrons. The maximum absolute atomic E-state index is 3.51. The summed E-state index contributed by atoms with van der Waals surface area (Å²) in [4.78, 5) is 2.73. The third-order valence-corrected chi connectivity index (χ3v) is 5.73. The van der Waals surface area contributed by atoms with Crippen molar-refractivity contribution in [1.82, 2.24) is 10.2 Å². The van der Waals surface area contributed by atoms with E-state index in [1.807, 2.05) is 0 Å². The van der Waals surface area contributed by atoms with Crippen LogP contribution in [0.25, 0.3) is 11.1 Å². The van der Waals surface area contributed by atoms with Gasteiger partial charge in [0.25, 0.3) is 0 Å². The molecule has 1 N–H and O–H groups in total. The lowest BCUT2D eigenvalue weighted by molar-refractivity contribution is 0.125. The molecule has 1 heterocycles. The van der Waals surface area contributed by atoms with E-state index in [1.165, 1.54) is 55.5 Å². The average Bonchev–Trinajstić information content (AvgIpc) is 3.18. The van der Waals surface area contributed by atoms with Gasteiger partial charge < -0.3 is 5.32 Å². The number of benzene rings is 2. The van der Waals surface area contributed by atoms with E-state index in [0.29, 0.717) is 6.04 Å². The normalized spacial score (nSPS) is 21.0. The largest absolute Gasteiger partial charge is 0.314 e. The van der Waals surface area contributed by atoms with Gasteiger partial charge in [-0.1, -0.05) is 61.4 Å². The van der Waals surface area contributed by atoms with Gasteiger partial charge in [-0.2, -0.15) is 0 Å². The second kappa shape index (κ2) is 7.50. The van der Waals surface area contributed by atoms with Crippen LogP contribution in [0, 0.1) is 5.92 Å². The Labute approximate surface area is 145 Å². The van der Waals surface area contributed by atoms with Crippen molar-refractivity contribution < 1.29 is 0 Å². The predicted molar refractivity (Wildman–Crippen MR) is 101 cm³/mol. The zero-order chi connectivity index (χ0) is 16.2. The Morgan fingerprint density at radius 2 is 1.54 bits per heavy atom. The topological polar surface area (TPSA) is 15.3 Å². The fourth-order valence-electron chi connectivity index (χ4n) is 4.55. The van der Waals surface area contributed by atoms with Crippen LogP contribution in [0.15, 0.2) is 54.6 Å². The molecule has 0 bridgehead atoms. The Morgan fingerprint density at radius 3 is 2.29 bits per heavy atom. The van der Waals surface area contributed by atoms with Crippen LogP contribution < -0.4 is 5.32 Å². The summed E-state index contributed by atoms with van der Waals surface area (Å²) < 4.78 is 0. The molecule has 2 aromatic rings. The molecule has 0 unspecified atom stereocenters. The lowest BCUT2D eigenvalue weighted by Gasteiger charge is -2.39. The molecule has 1 saturated carbocycles. The number of rotatable bonds is 4. The van der Waals surface area contributed by atoms with E-state index in [-0.39, 0.29) is 0 Å². The van der Waals surface area contributed by atoms with Crippen LogP contribution in [0.5, 0.6) is 0 Å². The second-order valence-electron chi connectivity index (χ2n) is 7.27. The fraction of sp³-hybridized carbons (Fsp3) is 0.455. The van der Waals surface area contributed by atoms with Crippen LogP contribution in [-0.2, 0) is 0 Å². The van der Waals surface area contributed by atoms with Crippen LogP contribution >= 0.6 is 0 Å². The molecule has 24 heavy (non-hydrogen) atoms. The fourth-order valence-corrected chi connectivity index (χ4v) is 4.55. The van der Waals surface area contributed by atoms with Gasteiger partial charge in [0.1, 0.15) is 0 Å². The van der Waals surface area contributed by atoms with E-state index in [2.05, 4.69) is 64.8 Å². The molecule has 1 atom stereocenters. The number of nitrogens with zero attached hydrogens (tertiary/aromatic N) is 1. The van der Waals surface area contributed by atoms with Gasteiger partial charge in [-0.25, -0.2) is 0 Å². The zero-order valence-electron chi connectivity index (χ0n) is 14.5. The van der Waals surface area contributed by atoms with Gasteiger partial charge in [0, 0.05) is 32.2 Å². The van der Waals surface area contributed by atoms with Gasteiger partial charge in [-0.05, 0) is 41.5 Å². The average molecular weight is 320 g/mol. The van der Waals surface area contributed by atoms with E-state index >= 15 is 0 Å². The molecule has 2 nitrogen and oxygen atoms in total. The number of hydrogen-bond acceptors (Lipinski definition) is 2. The van der Waals surface area contributed by atoms with Gasteiger partial charge in [-0.15, -0.1) is 0 Å². The SMILES string of the molecule is c1ccc(-c2cccc([C@H](C3CCCC3)N3CCNCC3)c2)cc1. The summed E-state index contributed by atoms with van der Waals surface area (Å²) in [6.07, 6.45) is 5.60. The first-order valence-corrected chi connectivity index (χ1v) is 9.52. The number of nitrogens with one attached hydrogen (secondary N) is 1. The lowest BCUT2D eigenvalue weighted by Crippen LogP contribution is -2.46. The number of hydrogen-bond donors (Lipinski definition) is 1. The third-order valence-electron chi connectivity index (χ3n) is 5.73. The number of piperazine rings is 1. The molecule has 0 radical (unpaired) electrons. The van der Waals surface area contributed by atoms with E-state index in [4.69, 9.17) is 0 Å². The van der Waals surface area contributed by atoms with Crippen LogP contribution in [0.1, 0.15) is 37.3 Å². The van der Waals surface area contributed by atoms with Gasteiger partial charge in [0.15, 0.2) is 0 Å². The highest BCUT2D eigenvalue weighted by Gasteiger charge is 2.31. The maximum atomic E-state index is 3.51. The smallest absolute Gasteiger partial charge is 0.0377 e. The molecule has 1 saturated heterocycles. The molecule has 1 aliphatic heterocycles. The zero-order valence-corrected chi connectivity index (χ0v) is 14.5. The standard InChI is InChI=1S/C22H28N2/c1-2-7-18(8-3-1)20-11-6-12-21(17-20)22(19-9-4-5-10-19)24-15-13-23-14-16-24/h1-3,6-8,11-12,17,19,22-23H,4-5,9-10,13-16H2/t22-/m0/s1. The lowest BCUT2D eigenvalue weighted by atomic mass is 9.88. The van der Waals surface area contributed by atoms with E-state index in [0.717, 1.165) is 19.0 Å². The molecule has 1 aliphatic carbocycles. The molecule has 0 aromatic heterocycles. The molecule has 2 aromatic carbocycles. The first-order valence-electron chi connectivity index (χ1n) is 9.52. The Balaban J connectivity index is 1.66. The van der Waals surface area contributed by atoms with Crippen molar-refractivity contribution >= 4 is 0 Å². The van der Waals surface area contributed by atoms with Crippen molar-refractivity contribution in [2.45, 2.75) is 31.7 Å². The summed E-state index contributed by atoms with van der Waals surface area (Å²) in [5, 5.41) is 3.51. The van der Waals surface area contributed by atoms with E-state index in [9.17, 15) is 0 Å². The highest BCUT2D eigenvalue weighted by Crippen LogP contribution is 2.40. The Hall–Kier alpha value is -1.64. The highest BCUT2D eigenvalue weighted by molar-refractivity contribution is 5.64. The summed E-state index contributed by atoms with van der Waals surface area (Å²) in [6.45, 7) is 4.61. The Kier molecular flexibility index (Phi) is 4.96. The van der Waals surface area contributed by atoms with Crippen LogP contribution in [0.2, 0.25) is 0 Å². The van der Waals surface area contributed by atoms with Gasteiger partial charge in [0.2, 0.25) is 0 Å². The molecular formula is C22H28N2. The van der Waals surface area contributed by atoms with Crippen molar-refractivity contribution in [1.29, 1.82) is 0 Å². The predicted octanol–water partition coefficient (Wildman–Crippen LogP) is 4.49. The third kappa shape index (κ3) is 3.40. The van der Waals surface area contributed by atoms with Crippen molar-refractivity contribution in [2.24, 2.45) is 5.92 Å². The summed E-state index contributed by atoms with van der Waals surface area (Å²) in [7, 11) is 0. The Bertz CT molecular complexity index is 640. The molecule has 4 rings (SSSR count). The minimum absolute atomic E-state index is 0.596. The van der Waals surface area contributed by atoms with Gasteiger partial charge >= 0.3 is 0 Å². The van der Waals surface area contributed by atoms with Crippen molar-refractivity contribution in [2.75, 3.05) is 26.2 Å². The first kappa shape index (κ1) is 15.9. The first-order chi connectivity index (χ1) is 11.9. The van der Waals surface area contributed by atoms with Crippen molar-refractivity contribution in [3.63, 3.8) is 0 Å². The molecule has 2 heteroatoms. The van der Waals surface area contributed by atoms with E-state index < -0.39 is 0 Å². The Morgan fingerprint density at radius 1 is 0.833 bits per heavy atom. The minimum atomic E-state index is 0.596. The summed E-state index contributed by atoms with van der Waals surface area (Å²) in [5.41, 5.74) is 4.20. The van der Waals surface area contributed by atoms with Crippen LogP contribution in [-0.4, -0.2) is 31.1 Å². The molecule has 0 spiro atoms. The molecule has 0 amide bonds. The monoisotopic (exact) mass is 320 g/mol. The quantitative estimate of drug-likeness (QED) is 0.893. The minimum Gasteiger partial charge on any atom is -0.314 e. The van der Waals surface area contributed by atoms with E-state index in [1.54, 1.807) is 0 Å². The maximum Gasteiger partial charge on any atom is 0.0377 e. The van der Waals surface area contributed by atoms with Crippen LogP contribution in [0.4, 0.5) is 0 Å². The molecular weight excluding hydrogens is 292 g/mol. The summed E-state index contributed by atoms with van der Waals surface area (Å²) in [5.74, 6) is 0.828. The van der Waals surface area contributed by atoms with Crippen molar-refractivity contribution in [3.8, 4) is 11.1 Å². The molecule has 2 fully saturated rings. The van der Waals surface area contributed by atoms with Gasteiger partial charge in [-0.3, -0.25) is 4.90 Å². The molecule has 2 aliphatic rings.